The summed E-state index contributed by atoms with van der Waals surface area (Å²) in [6, 6.07) is 29.1. The van der Waals surface area contributed by atoms with Crippen molar-refractivity contribution >= 4 is 11.6 Å². The van der Waals surface area contributed by atoms with Gasteiger partial charge in [0.15, 0.2) is 0 Å². The number of carbonyl (C=O) groups is 1. The first-order chi connectivity index (χ1) is 13.7. The van der Waals surface area contributed by atoms with Gasteiger partial charge < -0.3 is 10.6 Å². The Bertz CT molecular complexity index is 965. The quantitative estimate of drug-likeness (QED) is 0.489. The monoisotopic (exact) mass is 367 g/mol. The van der Waals surface area contributed by atoms with Gasteiger partial charge in [0.05, 0.1) is 6.04 Å². The Morgan fingerprint density at radius 3 is 1.96 bits per heavy atom. The second kappa shape index (κ2) is 9.20. The maximum absolute atomic E-state index is 12.5. The molecule has 0 heterocycles. The van der Waals surface area contributed by atoms with Gasteiger partial charge in [-0.2, -0.15) is 5.26 Å². The predicted molar refractivity (Wildman–Crippen MR) is 111 cm³/mol. The van der Waals surface area contributed by atoms with Crippen molar-refractivity contribution in [2.75, 3.05) is 5.32 Å². The van der Waals surface area contributed by atoms with Gasteiger partial charge in [0.25, 0.3) is 5.91 Å². The first-order valence-electron chi connectivity index (χ1n) is 9.02. The third-order valence-electron chi connectivity index (χ3n) is 4.42. The third kappa shape index (κ3) is 4.66. The molecule has 0 unspecified atom stereocenters. The average Bonchev–Trinajstić information content (AvgIpc) is 2.74. The number of amides is 1. The molecule has 0 spiro atoms. The molecule has 3 aromatic rings. The smallest absolute Gasteiger partial charge is 0.267 e. The minimum Gasteiger partial charge on any atom is -0.379 e. The van der Waals surface area contributed by atoms with Crippen molar-refractivity contribution in [3.8, 4) is 6.07 Å². The van der Waals surface area contributed by atoms with E-state index in [1.807, 2.05) is 97.9 Å². The van der Waals surface area contributed by atoms with Gasteiger partial charge in [0.1, 0.15) is 11.6 Å². The second-order valence-electron chi connectivity index (χ2n) is 6.36. The van der Waals surface area contributed by atoms with Crippen molar-refractivity contribution in [2.24, 2.45) is 0 Å². The number of nitriles is 1. The number of carbonyl (C=O) groups excluding carboxylic acids is 1. The Morgan fingerprint density at radius 2 is 1.43 bits per heavy atom. The van der Waals surface area contributed by atoms with Gasteiger partial charge in [-0.1, -0.05) is 78.9 Å². The number of benzene rings is 3. The third-order valence-corrected chi connectivity index (χ3v) is 4.42. The van der Waals surface area contributed by atoms with E-state index in [1.54, 1.807) is 0 Å². The van der Waals surface area contributed by atoms with Crippen LogP contribution in [0.15, 0.2) is 96.7 Å². The second-order valence-corrected chi connectivity index (χ2v) is 6.36. The van der Waals surface area contributed by atoms with E-state index in [0.29, 0.717) is 5.69 Å². The number of nitrogens with zero attached hydrogens (tertiary/aromatic N) is 1. The van der Waals surface area contributed by atoms with Crippen molar-refractivity contribution < 1.29 is 4.79 Å². The molecule has 0 aliphatic heterocycles. The summed E-state index contributed by atoms with van der Waals surface area (Å²) in [7, 11) is 0. The molecule has 0 radical (unpaired) electrons. The fraction of sp³-hybridized carbons (Fsp3) is 0.0833. The van der Waals surface area contributed by atoms with Crippen molar-refractivity contribution in [3.63, 3.8) is 0 Å². The molecule has 0 aromatic heterocycles. The van der Waals surface area contributed by atoms with E-state index in [4.69, 9.17) is 0 Å². The van der Waals surface area contributed by atoms with Crippen LogP contribution < -0.4 is 10.6 Å². The molecule has 0 aliphatic rings. The Labute approximate surface area is 165 Å². The summed E-state index contributed by atoms with van der Waals surface area (Å²) in [5, 5.41) is 15.5. The highest BCUT2D eigenvalue weighted by atomic mass is 16.1. The lowest BCUT2D eigenvalue weighted by molar-refractivity contribution is -0.112. The van der Waals surface area contributed by atoms with E-state index in [-0.39, 0.29) is 11.6 Å². The Morgan fingerprint density at radius 1 is 0.893 bits per heavy atom. The van der Waals surface area contributed by atoms with Crippen molar-refractivity contribution in [2.45, 2.75) is 13.0 Å². The zero-order valence-electron chi connectivity index (χ0n) is 15.6. The van der Waals surface area contributed by atoms with Gasteiger partial charge in [-0.15, -0.1) is 0 Å². The van der Waals surface area contributed by atoms with Crippen molar-refractivity contribution in [1.82, 2.24) is 5.32 Å². The first kappa shape index (κ1) is 18.9. The minimum atomic E-state index is -0.441. The van der Waals surface area contributed by atoms with E-state index in [1.165, 1.54) is 6.20 Å². The van der Waals surface area contributed by atoms with Crippen molar-refractivity contribution in [1.29, 1.82) is 5.26 Å². The lowest BCUT2D eigenvalue weighted by atomic mass is 9.99. The molecule has 138 valence electrons. The molecule has 3 aromatic carbocycles. The molecular weight excluding hydrogens is 346 g/mol. The molecule has 0 atom stereocenters. The van der Waals surface area contributed by atoms with Crippen LogP contribution >= 0.6 is 0 Å². The Hall–Kier alpha value is -3.84. The van der Waals surface area contributed by atoms with Crippen LogP contribution in [-0.2, 0) is 4.79 Å². The lowest BCUT2D eigenvalue weighted by Gasteiger charge is -2.19. The maximum atomic E-state index is 12.5. The number of nitrogens with one attached hydrogen (secondary N) is 2. The number of hydrogen-bond acceptors (Lipinski definition) is 3. The van der Waals surface area contributed by atoms with Gasteiger partial charge in [-0.25, -0.2) is 0 Å². The van der Waals surface area contributed by atoms with E-state index in [2.05, 4.69) is 10.6 Å². The summed E-state index contributed by atoms with van der Waals surface area (Å²) >= 11 is 0. The molecule has 0 fully saturated rings. The van der Waals surface area contributed by atoms with Crippen LogP contribution in [0.4, 0.5) is 5.69 Å². The topological polar surface area (TPSA) is 64.9 Å². The molecule has 0 aliphatic carbocycles. The fourth-order valence-electron chi connectivity index (χ4n) is 2.89. The zero-order valence-corrected chi connectivity index (χ0v) is 15.6. The normalized spacial score (nSPS) is 11.0. The van der Waals surface area contributed by atoms with Crippen LogP contribution in [0.2, 0.25) is 0 Å². The number of anilines is 1. The summed E-state index contributed by atoms with van der Waals surface area (Å²) in [5.74, 6) is -0.441. The SMILES string of the molecule is Cc1ccccc1NC(=O)/C(C#N)=C\NC(c1ccccc1)c1ccccc1. The molecule has 2 N–H and O–H groups in total. The molecule has 4 heteroatoms. The standard InChI is InChI=1S/C24H21N3O/c1-18-10-8-9-15-22(18)27-24(28)21(16-25)17-26-23(19-11-4-2-5-12-19)20-13-6-3-7-14-20/h2-15,17,23,26H,1H3,(H,27,28)/b21-17-. The van der Waals surface area contributed by atoms with Crippen LogP contribution in [0.1, 0.15) is 22.7 Å². The zero-order chi connectivity index (χ0) is 19.8. The summed E-state index contributed by atoms with van der Waals surface area (Å²) < 4.78 is 0. The van der Waals surface area contributed by atoms with Gasteiger partial charge >= 0.3 is 0 Å². The van der Waals surface area contributed by atoms with Gasteiger partial charge in [-0.05, 0) is 29.7 Å². The number of aryl methyl sites for hydroxylation is 1. The average molecular weight is 367 g/mol. The molecule has 3 rings (SSSR count). The fourth-order valence-corrected chi connectivity index (χ4v) is 2.89. The maximum Gasteiger partial charge on any atom is 0.267 e. The summed E-state index contributed by atoms with van der Waals surface area (Å²) in [4.78, 5) is 12.5. The molecular formula is C24H21N3O. The molecule has 4 nitrogen and oxygen atoms in total. The highest BCUT2D eigenvalue weighted by Gasteiger charge is 2.15. The first-order valence-corrected chi connectivity index (χ1v) is 9.02. The Balaban J connectivity index is 1.83. The van der Waals surface area contributed by atoms with Crippen LogP contribution in [0.3, 0.4) is 0 Å². The van der Waals surface area contributed by atoms with Crippen molar-refractivity contribution in [3.05, 3.63) is 113 Å². The minimum absolute atomic E-state index is 0.0140. The summed E-state index contributed by atoms with van der Waals surface area (Å²) in [5.41, 5.74) is 3.73. The predicted octanol–water partition coefficient (Wildman–Crippen LogP) is 4.72. The molecule has 28 heavy (non-hydrogen) atoms. The Kier molecular flexibility index (Phi) is 6.22. The number of rotatable bonds is 6. The molecule has 0 bridgehead atoms. The summed E-state index contributed by atoms with van der Waals surface area (Å²) in [6.45, 7) is 1.91. The van der Waals surface area contributed by atoms with E-state index < -0.39 is 5.91 Å². The lowest BCUT2D eigenvalue weighted by Crippen LogP contribution is -2.21. The van der Waals surface area contributed by atoms with Crippen LogP contribution in [-0.4, -0.2) is 5.91 Å². The van der Waals surface area contributed by atoms with E-state index in [0.717, 1.165) is 16.7 Å². The molecule has 1 amide bonds. The van der Waals surface area contributed by atoms with Gasteiger partial charge in [0, 0.05) is 11.9 Å². The highest BCUT2D eigenvalue weighted by Crippen LogP contribution is 2.22. The van der Waals surface area contributed by atoms with Crippen LogP contribution in [0, 0.1) is 18.3 Å². The van der Waals surface area contributed by atoms with Gasteiger partial charge in [-0.3, -0.25) is 4.79 Å². The largest absolute Gasteiger partial charge is 0.379 e. The number of para-hydroxylation sites is 1. The summed E-state index contributed by atoms with van der Waals surface area (Å²) in [6.07, 6.45) is 1.48. The highest BCUT2D eigenvalue weighted by molar-refractivity contribution is 6.06. The molecule has 0 saturated heterocycles. The van der Waals surface area contributed by atoms with E-state index in [9.17, 15) is 10.1 Å². The van der Waals surface area contributed by atoms with E-state index >= 15 is 0 Å². The van der Waals surface area contributed by atoms with Crippen LogP contribution in [0.5, 0.6) is 0 Å². The van der Waals surface area contributed by atoms with Crippen LogP contribution in [0.25, 0.3) is 0 Å². The molecule has 0 saturated carbocycles. The number of hydrogen-bond donors (Lipinski definition) is 2. The van der Waals surface area contributed by atoms with Gasteiger partial charge in [0.2, 0.25) is 0 Å².